The average molecular weight is 335 g/mol. The number of thiocarbonyl (C=S) groups is 1. The van der Waals surface area contributed by atoms with Crippen LogP contribution in [0.25, 0.3) is 0 Å². The van der Waals surface area contributed by atoms with Gasteiger partial charge in [0.15, 0.2) is 5.11 Å². The van der Waals surface area contributed by atoms with Crippen molar-refractivity contribution < 1.29 is 14.3 Å². The van der Waals surface area contributed by atoms with Crippen LogP contribution in [0.4, 0.5) is 5.69 Å². The van der Waals surface area contributed by atoms with Gasteiger partial charge in [0.2, 0.25) is 5.91 Å². The van der Waals surface area contributed by atoms with Crippen molar-refractivity contribution in [1.29, 1.82) is 0 Å². The lowest BCUT2D eigenvalue weighted by Crippen LogP contribution is -2.34. The van der Waals surface area contributed by atoms with Gasteiger partial charge in [0.1, 0.15) is 0 Å². The predicted octanol–water partition coefficient (Wildman–Crippen LogP) is 2.76. The van der Waals surface area contributed by atoms with Gasteiger partial charge in [-0.25, -0.2) is 0 Å². The third kappa shape index (κ3) is 6.18. The summed E-state index contributed by atoms with van der Waals surface area (Å²) in [5, 5.41) is 6.19. The second-order valence-electron chi connectivity index (χ2n) is 3.74. The fourth-order valence-corrected chi connectivity index (χ4v) is 2.05. The van der Waals surface area contributed by atoms with Crippen LogP contribution in [0.2, 0.25) is 10.0 Å². The largest absolute Gasteiger partial charge is 0.469 e. The topological polar surface area (TPSA) is 67.4 Å². The van der Waals surface area contributed by atoms with Crippen molar-refractivity contribution in [2.24, 2.45) is 0 Å². The van der Waals surface area contributed by atoms with E-state index in [1.54, 1.807) is 18.2 Å². The summed E-state index contributed by atoms with van der Waals surface area (Å²) in [6.45, 7) is 0. The summed E-state index contributed by atoms with van der Waals surface area (Å²) in [6, 6.07) is 4.80. The number of anilines is 1. The minimum Gasteiger partial charge on any atom is -0.469 e. The maximum absolute atomic E-state index is 11.5. The molecule has 0 fully saturated rings. The molecular weight excluding hydrogens is 323 g/mol. The number of benzene rings is 1. The average Bonchev–Trinajstić information content (AvgIpc) is 2.34. The number of halogens is 2. The van der Waals surface area contributed by atoms with Crippen molar-refractivity contribution in [2.75, 3.05) is 12.4 Å². The molecule has 2 N–H and O–H groups in total. The van der Waals surface area contributed by atoms with Gasteiger partial charge in [-0.05, 0) is 30.4 Å². The third-order valence-corrected chi connectivity index (χ3v) is 2.80. The zero-order valence-corrected chi connectivity index (χ0v) is 12.9. The summed E-state index contributed by atoms with van der Waals surface area (Å²) < 4.78 is 4.43. The first-order valence-corrected chi connectivity index (χ1v) is 6.71. The molecule has 8 heteroatoms. The maximum atomic E-state index is 11.5. The molecule has 1 rings (SSSR count). The van der Waals surface area contributed by atoms with Crippen LogP contribution < -0.4 is 10.6 Å². The van der Waals surface area contributed by atoms with E-state index in [1.807, 2.05) is 0 Å². The molecule has 0 aromatic heterocycles. The number of hydrogen-bond donors (Lipinski definition) is 2. The molecule has 0 heterocycles. The second-order valence-corrected chi connectivity index (χ2v) is 5.02. The summed E-state index contributed by atoms with van der Waals surface area (Å²) in [6.07, 6.45) is -0.0151. The van der Waals surface area contributed by atoms with E-state index in [2.05, 4.69) is 15.4 Å². The number of rotatable bonds is 4. The molecule has 0 atom stereocenters. The van der Waals surface area contributed by atoms with Crippen LogP contribution >= 0.6 is 35.4 Å². The predicted molar refractivity (Wildman–Crippen MR) is 82.1 cm³/mol. The Kier molecular flexibility index (Phi) is 6.70. The molecule has 0 saturated carbocycles. The molecule has 0 bridgehead atoms. The highest BCUT2D eigenvalue weighted by Crippen LogP contribution is 2.22. The summed E-state index contributed by atoms with van der Waals surface area (Å²) in [7, 11) is 1.26. The number of methoxy groups -OCH3 is 1. The molecule has 0 unspecified atom stereocenters. The molecule has 1 aromatic rings. The fourth-order valence-electron chi connectivity index (χ4n) is 1.30. The van der Waals surface area contributed by atoms with E-state index in [1.165, 1.54) is 7.11 Å². The lowest BCUT2D eigenvalue weighted by molar-refractivity contribution is -0.142. The molecule has 0 saturated heterocycles. The molecule has 20 heavy (non-hydrogen) atoms. The number of carbonyl (C=O) groups excluding carboxylic acids is 2. The molecule has 0 spiro atoms. The number of carbonyl (C=O) groups is 2. The quantitative estimate of drug-likeness (QED) is 0.654. The van der Waals surface area contributed by atoms with Crippen molar-refractivity contribution >= 4 is 58.1 Å². The zero-order chi connectivity index (χ0) is 15.1. The Balaban J connectivity index is 2.47. The highest BCUT2D eigenvalue weighted by molar-refractivity contribution is 7.80. The number of hydrogen-bond acceptors (Lipinski definition) is 4. The molecule has 0 aliphatic carbocycles. The van der Waals surface area contributed by atoms with Gasteiger partial charge in [-0.3, -0.25) is 9.59 Å². The molecule has 1 aromatic carbocycles. The minimum absolute atomic E-state index is 0.00601. The lowest BCUT2D eigenvalue weighted by atomic mass is 10.3. The van der Waals surface area contributed by atoms with Gasteiger partial charge in [-0.2, -0.15) is 0 Å². The van der Waals surface area contributed by atoms with Crippen molar-refractivity contribution in [2.45, 2.75) is 12.8 Å². The number of amides is 1. The fraction of sp³-hybridized carbons (Fsp3) is 0.250. The number of esters is 1. The summed E-state index contributed by atoms with van der Waals surface area (Å²) in [4.78, 5) is 22.4. The first-order valence-electron chi connectivity index (χ1n) is 5.54. The number of ether oxygens (including phenoxy) is 1. The first-order chi connectivity index (χ1) is 9.40. The Morgan fingerprint density at radius 1 is 1.20 bits per heavy atom. The summed E-state index contributed by atoms with van der Waals surface area (Å²) in [5.74, 6) is -0.846. The lowest BCUT2D eigenvalue weighted by Gasteiger charge is -2.10. The van der Waals surface area contributed by atoms with E-state index in [4.69, 9.17) is 35.4 Å². The minimum atomic E-state index is -0.458. The van der Waals surface area contributed by atoms with Gasteiger partial charge < -0.3 is 15.4 Å². The SMILES string of the molecule is COC(=O)CCC(=O)NC(=S)Nc1cc(Cl)cc(Cl)c1. The van der Waals surface area contributed by atoms with Crippen molar-refractivity contribution in [1.82, 2.24) is 5.32 Å². The van der Waals surface area contributed by atoms with E-state index in [9.17, 15) is 9.59 Å². The first kappa shape index (κ1) is 16.7. The molecule has 0 aliphatic heterocycles. The highest BCUT2D eigenvalue weighted by Gasteiger charge is 2.09. The van der Waals surface area contributed by atoms with Crippen LogP contribution in [-0.4, -0.2) is 24.1 Å². The Labute approximate surface area is 131 Å². The number of nitrogens with one attached hydrogen (secondary N) is 2. The Bertz CT molecular complexity index is 517. The van der Waals surface area contributed by atoms with Crippen LogP contribution in [0.5, 0.6) is 0 Å². The van der Waals surface area contributed by atoms with Crippen LogP contribution in [0.1, 0.15) is 12.8 Å². The monoisotopic (exact) mass is 334 g/mol. The molecule has 1 amide bonds. The van der Waals surface area contributed by atoms with Crippen LogP contribution in [-0.2, 0) is 14.3 Å². The van der Waals surface area contributed by atoms with Crippen LogP contribution in [0.15, 0.2) is 18.2 Å². The summed E-state index contributed by atoms with van der Waals surface area (Å²) in [5.41, 5.74) is 0.556. The van der Waals surface area contributed by atoms with E-state index in [0.29, 0.717) is 15.7 Å². The van der Waals surface area contributed by atoms with E-state index >= 15 is 0 Å². The second kappa shape index (κ2) is 8.04. The van der Waals surface area contributed by atoms with E-state index in [0.717, 1.165) is 0 Å². The highest BCUT2D eigenvalue weighted by atomic mass is 35.5. The van der Waals surface area contributed by atoms with Crippen LogP contribution in [0, 0.1) is 0 Å². The smallest absolute Gasteiger partial charge is 0.306 e. The molecular formula is C12H12Cl2N2O3S. The normalized spacial score (nSPS) is 9.75. The Morgan fingerprint density at radius 2 is 1.80 bits per heavy atom. The van der Waals surface area contributed by atoms with Gasteiger partial charge >= 0.3 is 5.97 Å². The molecule has 0 radical (unpaired) electrons. The Hall–Kier alpha value is -1.37. The van der Waals surface area contributed by atoms with E-state index in [-0.39, 0.29) is 23.9 Å². The summed E-state index contributed by atoms with van der Waals surface area (Å²) >= 11 is 16.6. The van der Waals surface area contributed by atoms with Gasteiger partial charge in [0.05, 0.1) is 13.5 Å². The third-order valence-electron chi connectivity index (χ3n) is 2.16. The standard InChI is InChI=1S/C12H12Cl2N2O3S/c1-19-11(18)3-2-10(17)16-12(20)15-9-5-7(13)4-8(14)6-9/h4-6H,2-3H2,1H3,(H2,15,16,17,20). The maximum Gasteiger partial charge on any atom is 0.306 e. The van der Waals surface area contributed by atoms with Crippen molar-refractivity contribution in [3.8, 4) is 0 Å². The zero-order valence-electron chi connectivity index (χ0n) is 10.5. The molecule has 5 nitrogen and oxygen atoms in total. The molecule has 108 valence electrons. The van der Waals surface area contributed by atoms with E-state index < -0.39 is 5.97 Å². The van der Waals surface area contributed by atoms with Crippen LogP contribution in [0.3, 0.4) is 0 Å². The van der Waals surface area contributed by atoms with Gasteiger partial charge in [-0.15, -0.1) is 0 Å². The van der Waals surface area contributed by atoms with Gasteiger partial charge in [0.25, 0.3) is 0 Å². The Morgan fingerprint density at radius 3 is 2.35 bits per heavy atom. The van der Waals surface area contributed by atoms with Crippen molar-refractivity contribution in [3.05, 3.63) is 28.2 Å². The van der Waals surface area contributed by atoms with Gasteiger partial charge in [-0.1, -0.05) is 23.2 Å². The van der Waals surface area contributed by atoms with Gasteiger partial charge in [0, 0.05) is 22.2 Å². The molecule has 0 aliphatic rings. The van der Waals surface area contributed by atoms with Crippen molar-refractivity contribution in [3.63, 3.8) is 0 Å².